The number of hydrogen-bond acceptors (Lipinski definition) is 3. The van der Waals surface area contributed by atoms with E-state index in [0.29, 0.717) is 10.2 Å². The number of aryl methyl sites for hydroxylation is 1. The second-order valence-electron chi connectivity index (χ2n) is 4.27. The van der Waals surface area contributed by atoms with Crippen LogP contribution >= 0.6 is 27.7 Å². The highest BCUT2D eigenvalue weighted by Gasteiger charge is 2.17. The molecule has 2 rings (SSSR count). The molecule has 0 spiro atoms. The van der Waals surface area contributed by atoms with E-state index in [4.69, 9.17) is 0 Å². The lowest BCUT2D eigenvalue weighted by molar-refractivity contribution is 0.600. The molecule has 2 aromatic carbocycles. The summed E-state index contributed by atoms with van der Waals surface area (Å²) >= 11 is 4.91. The SMILES string of the molecule is CSc1ccc(NS(=O)(=O)c2ccc(C)cc2Br)cc1. The van der Waals surface area contributed by atoms with Crippen molar-refractivity contribution >= 4 is 43.4 Å². The first kappa shape index (κ1) is 15.4. The number of anilines is 1. The van der Waals surface area contributed by atoms with Crippen molar-refractivity contribution in [2.24, 2.45) is 0 Å². The van der Waals surface area contributed by atoms with E-state index < -0.39 is 10.0 Å². The van der Waals surface area contributed by atoms with Gasteiger partial charge in [0.25, 0.3) is 10.0 Å². The smallest absolute Gasteiger partial charge is 0.263 e. The summed E-state index contributed by atoms with van der Waals surface area (Å²) in [5.74, 6) is 0. The average Bonchev–Trinajstić information content (AvgIpc) is 2.38. The van der Waals surface area contributed by atoms with Gasteiger partial charge in [0.15, 0.2) is 0 Å². The van der Waals surface area contributed by atoms with Gasteiger partial charge in [-0.1, -0.05) is 6.07 Å². The van der Waals surface area contributed by atoms with Gasteiger partial charge in [0.1, 0.15) is 4.90 Å². The lowest BCUT2D eigenvalue weighted by Crippen LogP contribution is -2.13. The Bertz CT molecular complexity index is 712. The van der Waals surface area contributed by atoms with Crippen molar-refractivity contribution in [2.45, 2.75) is 16.7 Å². The molecule has 0 aliphatic heterocycles. The highest BCUT2D eigenvalue weighted by Crippen LogP contribution is 2.26. The summed E-state index contributed by atoms with van der Waals surface area (Å²) in [6.45, 7) is 1.91. The van der Waals surface area contributed by atoms with Crippen molar-refractivity contribution in [1.82, 2.24) is 0 Å². The van der Waals surface area contributed by atoms with Gasteiger partial charge in [0.2, 0.25) is 0 Å². The molecule has 0 heterocycles. The van der Waals surface area contributed by atoms with E-state index in [-0.39, 0.29) is 4.90 Å². The number of sulfonamides is 1. The highest BCUT2D eigenvalue weighted by molar-refractivity contribution is 9.10. The molecule has 0 amide bonds. The maximum Gasteiger partial charge on any atom is 0.263 e. The van der Waals surface area contributed by atoms with Crippen LogP contribution < -0.4 is 4.72 Å². The van der Waals surface area contributed by atoms with Crippen LogP contribution in [0.5, 0.6) is 0 Å². The van der Waals surface area contributed by atoms with Crippen molar-refractivity contribution < 1.29 is 8.42 Å². The van der Waals surface area contributed by atoms with Gasteiger partial charge < -0.3 is 0 Å². The summed E-state index contributed by atoms with van der Waals surface area (Å²) in [6.07, 6.45) is 1.97. The third kappa shape index (κ3) is 3.56. The summed E-state index contributed by atoms with van der Waals surface area (Å²) in [5, 5.41) is 0. The number of benzene rings is 2. The lowest BCUT2D eigenvalue weighted by atomic mass is 10.2. The molecule has 20 heavy (non-hydrogen) atoms. The van der Waals surface area contributed by atoms with Crippen molar-refractivity contribution in [1.29, 1.82) is 0 Å². The topological polar surface area (TPSA) is 46.2 Å². The van der Waals surface area contributed by atoms with Crippen LogP contribution in [-0.2, 0) is 10.0 Å². The van der Waals surface area contributed by atoms with Gasteiger partial charge in [-0.15, -0.1) is 11.8 Å². The second-order valence-corrected chi connectivity index (χ2v) is 7.65. The highest BCUT2D eigenvalue weighted by atomic mass is 79.9. The van der Waals surface area contributed by atoms with Crippen LogP contribution in [0, 0.1) is 6.92 Å². The van der Waals surface area contributed by atoms with Crippen LogP contribution in [0.4, 0.5) is 5.69 Å². The van der Waals surface area contributed by atoms with Gasteiger partial charge in [-0.2, -0.15) is 0 Å². The molecule has 3 nitrogen and oxygen atoms in total. The van der Waals surface area contributed by atoms with E-state index >= 15 is 0 Å². The third-order valence-electron chi connectivity index (χ3n) is 2.72. The maximum absolute atomic E-state index is 12.3. The lowest BCUT2D eigenvalue weighted by Gasteiger charge is -2.10. The van der Waals surface area contributed by atoms with E-state index in [1.54, 1.807) is 42.1 Å². The zero-order valence-corrected chi connectivity index (χ0v) is 14.3. The number of halogens is 1. The average molecular weight is 372 g/mol. The Kier molecular flexibility index (Phi) is 4.78. The minimum Gasteiger partial charge on any atom is -0.280 e. The molecule has 6 heteroatoms. The van der Waals surface area contributed by atoms with Gasteiger partial charge in [-0.05, 0) is 71.1 Å². The van der Waals surface area contributed by atoms with Crippen LogP contribution in [0.2, 0.25) is 0 Å². The molecule has 0 fully saturated rings. The van der Waals surface area contributed by atoms with Gasteiger partial charge in [0.05, 0.1) is 0 Å². The monoisotopic (exact) mass is 371 g/mol. The maximum atomic E-state index is 12.3. The van der Waals surface area contributed by atoms with E-state index in [1.165, 1.54) is 0 Å². The fourth-order valence-corrected chi connectivity index (χ4v) is 4.35. The van der Waals surface area contributed by atoms with Crippen LogP contribution in [0.15, 0.2) is 56.7 Å². The number of rotatable bonds is 4. The van der Waals surface area contributed by atoms with E-state index in [2.05, 4.69) is 20.7 Å². The molecule has 0 bridgehead atoms. The molecule has 2 aromatic rings. The first-order valence-corrected chi connectivity index (χ1v) is 9.35. The van der Waals surface area contributed by atoms with Crippen molar-refractivity contribution in [3.63, 3.8) is 0 Å². The van der Waals surface area contributed by atoms with Gasteiger partial charge in [-0.25, -0.2) is 8.42 Å². The van der Waals surface area contributed by atoms with Crippen LogP contribution in [0.25, 0.3) is 0 Å². The van der Waals surface area contributed by atoms with Crippen molar-refractivity contribution in [3.05, 3.63) is 52.5 Å². The Morgan fingerprint density at radius 1 is 1.10 bits per heavy atom. The molecule has 0 aliphatic carbocycles. The molecule has 1 N–H and O–H groups in total. The Balaban J connectivity index is 2.30. The van der Waals surface area contributed by atoms with E-state index in [0.717, 1.165) is 10.5 Å². The molecule has 0 saturated heterocycles. The first-order valence-electron chi connectivity index (χ1n) is 5.85. The molecular formula is C14H14BrNO2S2. The molecule has 106 valence electrons. The molecule has 0 radical (unpaired) electrons. The Labute approximate surface area is 132 Å². The molecule has 0 atom stereocenters. The Hall–Kier alpha value is -0.980. The summed E-state index contributed by atoms with van der Waals surface area (Å²) in [4.78, 5) is 1.32. The predicted molar refractivity (Wildman–Crippen MR) is 87.9 cm³/mol. The van der Waals surface area contributed by atoms with Crippen molar-refractivity contribution in [3.8, 4) is 0 Å². The molecular weight excluding hydrogens is 358 g/mol. The fourth-order valence-electron chi connectivity index (χ4n) is 1.69. The minimum absolute atomic E-state index is 0.233. The molecule has 0 aliphatic rings. The second kappa shape index (κ2) is 6.20. The van der Waals surface area contributed by atoms with Crippen LogP contribution in [0.1, 0.15) is 5.56 Å². The summed E-state index contributed by atoms with van der Waals surface area (Å²) in [6, 6.07) is 12.4. The normalized spacial score (nSPS) is 11.3. The zero-order chi connectivity index (χ0) is 14.8. The van der Waals surface area contributed by atoms with Crippen molar-refractivity contribution in [2.75, 3.05) is 11.0 Å². The van der Waals surface area contributed by atoms with Gasteiger partial charge in [-0.3, -0.25) is 4.72 Å². The third-order valence-corrected chi connectivity index (χ3v) is 5.82. The number of nitrogens with one attached hydrogen (secondary N) is 1. The Morgan fingerprint density at radius 3 is 2.30 bits per heavy atom. The van der Waals surface area contributed by atoms with Crippen LogP contribution in [0.3, 0.4) is 0 Å². The first-order chi connectivity index (χ1) is 9.42. The summed E-state index contributed by atoms with van der Waals surface area (Å²) < 4.78 is 27.8. The summed E-state index contributed by atoms with van der Waals surface area (Å²) in [5.41, 5.74) is 1.55. The zero-order valence-electron chi connectivity index (χ0n) is 11.1. The number of thioether (sulfide) groups is 1. The van der Waals surface area contributed by atoms with Crippen LogP contribution in [-0.4, -0.2) is 14.7 Å². The standard InChI is InChI=1S/C14H14BrNO2S2/c1-10-3-8-14(13(15)9-10)20(17,18)16-11-4-6-12(19-2)7-5-11/h3-9,16H,1-2H3. The molecule has 0 aromatic heterocycles. The molecule has 0 saturated carbocycles. The Morgan fingerprint density at radius 2 is 1.75 bits per heavy atom. The predicted octanol–water partition coefficient (Wildman–Crippen LogP) is 4.28. The fraction of sp³-hybridized carbons (Fsp3) is 0.143. The number of hydrogen-bond donors (Lipinski definition) is 1. The largest absolute Gasteiger partial charge is 0.280 e. The molecule has 0 unspecified atom stereocenters. The van der Waals surface area contributed by atoms with Gasteiger partial charge >= 0.3 is 0 Å². The van der Waals surface area contributed by atoms with E-state index in [9.17, 15) is 8.42 Å². The quantitative estimate of drug-likeness (QED) is 0.815. The minimum atomic E-state index is -3.58. The van der Waals surface area contributed by atoms with Gasteiger partial charge in [0, 0.05) is 15.1 Å². The van der Waals surface area contributed by atoms with E-state index in [1.807, 2.05) is 25.3 Å². The summed E-state index contributed by atoms with van der Waals surface area (Å²) in [7, 11) is -3.58.